The Bertz CT molecular complexity index is 1360. The fourth-order valence-electron chi connectivity index (χ4n) is 6.05. The highest BCUT2D eigenvalue weighted by atomic mass is 32.1. The number of likely N-dealkylation sites (tertiary alicyclic amines) is 1. The first-order valence-corrected chi connectivity index (χ1v) is 13.5. The fourth-order valence-corrected chi connectivity index (χ4v) is 7.24. The van der Waals surface area contributed by atoms with Crippen LogP contribution < -0.4 is 0 Å². The quantitative estimate of drug-likeness (QED) is 0.387. The monoisotopic (exact) mass is 519 g/mol. The summed E-state index contributed by atoms with van der Waals surface area (Å²) >= 11 is 1.42. The van der Waals surface area contributed by atoms with E-state index in [1.165, 1.54) is 28.4 Å². The second kappa shape index (κ2) is 9.53. The number of amides is 1. The van der Waals surface area contributed by atoms with Crippen LogP contribution in [0.15, 0.2) is 60.0 Å². The summed E-state index contributed by atoms with van der Waals surface area (Å²) in [5, 5.41) is 12.7. The molecule has 5 nitrogen and oxygen atoms in total. The van der Waals surface area contributed by atoms with Crippen molar-refractivity contribution < 1.29 is 23.9 Å². The van der Waals surface area contributed by atoms with Crippen molar-refractivity contribution >= 4 is 29.0 Å². The van der Waals surface area contributed by atoms with Gasteiger partial charge in [0.2, 0.25) is 5.91 Å². The maximum Gasteiger partial charge on any atom is 0.330 e. The minimum atomic E-state index is -1.68. The first kappa shape index (κ1) is 25.3. The van der Waals surface area contributed by atoms with Gasteiger partial charge in [0.1, 0.15) is 11.4 Å². The summed E-state index contributed by atoms with van der Waals surface area (Å²) in [7, 11) is 0. The SMILES string of the molecule is Cc1ccccc1C(=O)C1C(c2ccc(F)cc2)N(C(=O)C2CCC2)C(C)(C(=O)O)C1c1sccc1C. The maximum atomic E-state index is 14.5. The Labute approximate surface area is 219 Å². The Morgan fingerprint density at radius 3 is 2.22 bits per heavy atom. The molecule has 0 spiro atoms. The molecule has 1 N–H and O–H groups in total. The van der Waals surface area contributed by atoms with Crippen molar-refractivity contribution in [3.8, 4) is 0 Å². The first-order chi connectivity index (χ1) is 17.7. The van der Waals surface area contributed by atoms with Crippen LogP contribution in [0.5, 0.6) is 0 Å². The van der Waals surface area contributed by atoms with Crippen LogP contribution in [0.25, 0.3) is 0 Å². The molecule has 1 saturated carbocycles. The fraction of sp³-hybridized carbons (Fsp3) is 0.367. The topological polar surface area (TPSA) is 74.7 Å². The molecule has 0 bridgehead atoms. The number of rotatable bonds is 6. The van der Waals surface area contributed by atoms with E-state index < -0.39 is 35.2 Å². The van der Waals surface area contributed by atoms with Crippen molar-refractivity contribution in [1.82, 2.24) is 4.90 Å². The number of hydrogen-bond donors (Lipinski definition) is 1. The van der Waals surface area contributed by atoms with Gasteiger partial charge in [-0.3, -0.25) is 9.59 Å². The molecule has 4 unspecified atom stereocenters. The molecule has 1 amide bonds. The molecule has 2 aromatic carbocycles. The molecule has 0 radical (unpaired) electrons. The van der Waals surface area contributed by atoms with Crippen molar-refractivity contribution in [2.75, 3.05) is 0 Å². The number of aliphatic carboxylic acids is 1. The molecular weight excluding hydrogens is 489 g/mol. The number of carboxylic acids is 1. The zero-order valence-electron chi connectivity index (χ0n) is 21.1. The van der Waals surface area contributed by atoms with Gasteiger partial charge in [-0.2, -0.15) is 0 Å². The second-order valence-corrected chi connectivity index (χ2v) is 11.4. The van der Waals surface area contributed by atoms with Gasteiger partial charge in [0, 0.05) is 22.3 Å². The van der Waals surface area contributed by atoms with Crippen LogP contribution >= 0.6 is 11.3 Å². The van der Waals surface area contributed by atoms with Gasteiger partial charge in [-0.15, -0.1) is 11.3 Å². The van der Waals surface area contributed by atoms with Gasteiger partial charge in [-0.25, -0.2) is 9.18 Å². The van der Waals surface area contributed by atoms with Crippen LogP contribution in [0.4, 0.5) is 4.39 Å². The number of thiophene rings is 1. The Morgan fingerprint density at radius 1 is 1.00 bits per heavy atom. The molecule has 7 heteroatoms. The molecule has 4 atom stereocenters. The molecule has 1 saturated heterocycles. The van der Waals surface area contributed by atoms with E-state index in [-0.39, 0.29) is 17.6 Å². The summed E-state index contributed by atoms with van der Waals surface area (Å²) in [6.45, 7) is 5.35. The maximum absolute atomic E-state index is 14.5. The minimum Gasteiger partial charge on any atom is -0.479 e. The number of halogens is 1. The lowest BCUT2D eigenvalue weighted by molar-refractivity contribution is -0.161. The molecule has 2 heterocycles. The van der Waals surface area contributed by atoms with E-state index in [9.17, 15) is 23.9 Å². The van der Waals surface area contributed by atoms with E-state index in [0.29, 0.717) is 24.0 Å². The molecular formula is C30H30FNO4S. The number of hydrogen-bond acceptors (Lipinski definition) is 4. The second-order valence-electron chi connectivity index (χ2n) is 10.4. The molecule has 1 aromatic heterocycles. The van der Waals surface area contributed by atoms with Crippen molar-refractivity contribution in [2.45, 2.75) is 57.5 Å². The predicted molar refractivity (Wildman–Crippen MR) is 140 cm³/mol. The lowest BCUT2D eigenvalue weighted by atomic mass is 9.73. The number of carbonyl (C=O) groups excluding carboxylic acids is 2. The van der Waals surface area contributed by atoms with Gasteiger partial charge in [0.05, 0.1) is 12.0 Å². The van der Waals surface area contributed by atoms with Gasteiger partial charge in [0.15, 0.2) is 5.78 Å². The van der Waals surface area contributed by atoms with Gasteiger partial charge >= 0.3 is 5.97 Å². The van der Waals surface area contributed by atoms with Crippen LogP contribution in [-0.4, -0.2) is 33.2 Å². The van der Waals surface area contributed by atoms with E-state index in [0.717, 1.165) is 22.4 Å². The number of Topliss-reactive ketones (excluding diaryl/α,β-unsaturated/α-hetero) is 1. The van der Waals surface area contributed by atoms with E-state index in [4.69, 9.17) is 0 Å². The largest absolute Gasteiger partial charge is 0.479 e. The Morgan fingerprint density at radius 2 is 1.68 bits per heavy atom. The zero-order chi connectivity index (χ0) is 26.5. The van der Waals surface area contributed by atoms with Crippen LogP contribution in [-0.2, 0) is 9.59 Å². The Kier molecular flexibility index (Phi) is 6.52. The minimum absolute atomic E-state index is 0.207. The van der Waals surface area contributed by atoms with E-state index >= 15 is 0 Å². The van der Waals surface area contributed by atoms with Crippen molar-refractivity contribution in [3.05, 3.63) is 92.9 Å². The average molecular weight is 520 g/mol. The molecule has 1 aliphatic heterocycles. The highest BCUT2D eigenvalue weighted by Gasteiger charge is 2.66. The summed E-state index contributed by atoms with van der Waals surface area (Å²) in [5.74, 6) is -3.96. The van der Waals surface area contributed by atoms with Crippen molar-refractivity contribution in [3.63, 3.8) is 0 Å². The third kappa shape index (κ3) is 4.00. The molecule has 2 fully saturated rings. The number of aryl methyl sites for hydroxylation is 2. The molecule has 3 aromatic rings. The lowest BCUT2D eigenvalue weighted by Gasteiger charge is -2.41. The molecule has 5 rings (SSSR count). The lowest BCUT2D eigenvalue weighted by Crippen LogP contribution is -2.56. The highest BCUT2D eigenvalue weighted by molar-refractivity contribution is 7.10. The molecule has 37 heavy (non-hydrogen) atoms. The standard InChI is InChI=1S/C30H30FNO4S/c1-17-7-4-5-10-22(17)26(33)23-24(27-18(2)15-16-37-27)30(3,29(35)36)32(28(34)20-8-6-9-20)25(23)19-11-13-21(31)14-12-19/h4-5,7,10-16,20,23-25H,6,8-9H2,1-3H3,(H,35,36). The third-order valence-corrected chi connectivity index (χ3v) is 9.42. The predicted octanol–water partition coefficient (Wildman–Crippen LogP) is 6.31. The van der Waals surface area contributed by atoms with Gasteiger partial charge in [-0.05, 0) is 73.9 Å². The summed E-state index contributed by atoms with van der Waals surface area (Å²) in [6, 6.07) is 14.1. The highest BCUT2D eigenvalue weighted by Crippen LogP contribution is 2.58. The summed E-state index contributed by atoms with van der Waals surface area (Å²) < 4.78 is 14.0. The van der Waals surface area contributed by atoms with Crippen molar-refractivity contribution in [2.24, 2.45) is 11.8 Å². The normalized spacial score (nSPS) is 25.6. The van der Waals surface area contributed by atoms with Gasteiger partial charge in [-0.1, -0.05) is 42.8 Å². The average Bonchev–Trinajstić information content (AvgIpc) is 3.36. The van der Waals surface area contributed by atoms with E-state index in [1.807, 2.05) is 37.4 Å². The summed E-state index contributed by atoms with van der Waals surface area (Å²) in [6.07, 6.45) is 2.30. The smallest absolute Gasteiger partial charge is 0.330 e. The van der Waals surface area contributed by atoms with Crippen LogP contribution in [0.2, 0.25) is 0 Å². The zero-order valence-corrected chi connectivity index (χ0v) is 21.9. The molecule has 2 aliphatic rings. The first-order valence-electron chi connectivity index (χ1n) is 12.6. The number of ketones is 1. The molecule has 192 valence electrons. The van der Waals surface area contributed by atoms with Crippen LogP contribution in [0, 0.1) is 31.5 Å². The Hall–Kier alpha value is -3.32. The summed E-state index contributed by atoms with van der Waals surface area (Å²) in [4.78, 5) is 44.0. The van der Waals surface area contributed by atoms with Crippen LogP contribution in [0.3, 0.4) is 0 Å². The number of carbonyl (C=O) groups is 3. The van der Waals surface area contributed by atoms with Gasteiger partial charge < -0.3 is 10.0 Å². The van der Waals surface area contributed by atoms with Gasteiger partial charge in [0.25, 0.3) is 0 Å². The number of benzene rings is 2. The number of carboxylic acid groups (broad SMARTS) is 1. The summed E-state index contributed by atoms with van der Waals surface area (Å²) in [5.41, 5.74) is 1.06. The Balaban J connectivity index is 1.81. The van der Waals surface area contributed by atoms with Crippen LogP contribution in [0.1, 0.15) is 70.1 Å². The number of nitrogens with zero attached hydrogens (tertiary/aromatic N) is 1. The van der Waals surface area contributed by atoms with Crippen molar-refractivity contribution in [1.29, 1.82) is 0 Å². The van der Waals surface area contributed by atoms with E-state index in [1.54, 1.807) is 31.2 Å². The molecule has 1 aliphatic carbocycles. The van der Waals surface area contributed by atoms with E-state index in [2.05, 4.69) is 0 Å². The third-order valence-electron chi connectivity index (χ3n) is 8.32.